The van der Waals surface area contributed by atoms with Gasteiger partial charge in [-0.2, -0.15) is 0 Å². The third-order valence-corrected chi connectivity index (χ3v) is 2.97. The normalized spacial score (nSPS) is 10.6. The van der Waals surface area contributed by atoms with Gasteiger partial charge in [0, 0.05) is 4.47 Å². The molecule has 0 aliphatic heterocycles. The van der Waals surface area contributed by atoms with Crippen molar-refractivity contribution in [2.24, 2.45) is 5.73 Å². The zero-order valence-electron chi connectivity index (χ0n) is 9.73. The van der Waals surface area contributed by atoms with Crippen molar-refractivity contribution < 1.29 is 20.1 Å². The minimum atomic E-state index is -0.806. The maximum atomic E-state index is 10.3. The number of hydrogen-bond acceptors (Lipinski definition) is 5. The number of phenols is 1. The van der Waals surface area contributed by atoms with Crippen molar-refractivity contribution in [2.75, 3.05) is 13.2 Å². The molecule has 0 atom stereocenters. The summed E-state index contributed by atoms with van der Waals surface area (Å²) in [5, 5.41) is 25.8. The second kappa shape index (κ2) is 7.85. The summed E-state index contributed by atoms with van der Waals surface area (Å²) in [7, 11) is 0. The zero-order valence-corrected chi connectivity index (χ0v) is 12.9. The van der Waals surface area contributed by atoms with Crippen LogP contribution in [0, 0.1) is 0 Å². The fourth-order valence-corrected chi connectivity index (χ4v) is 1.98. The number of phenolic OH excluding ortho intramolecular Hbond substituents is 1. The van der Waals surface area contributed by atoms with E-state index in [1.165, 1.54) is 0 Å². The van der Waals surface area contributed by atoms with E-state index in [1.54, 1.807) is 19.1 Å². The number of carbonyl (C=O) groups excluding carboxylic acids is 1. The topological polar surface area (TPSA) is 104 Å². The van der Waals surface area contributed by atoms with Gasteiger partial charge in [0.1, 0.15) is 5.75 Å². The highest BCUT2D eigenvalue weighted by Gasteiger charge is 2.13. The largest absolute Gasteiger partial charge is 0.506 e. The van der Waals surface area contributed by atoms with Gasteiger partial charge in [0.2, 0.25) is 0 Å². The molecule has 7 heteroatoms. The van der Waals surface area contributed by atoms with Crippen molar-refractivity contribution in [3.63, 3.8) is 0 Å². The number of aliphatic hydroxyl groups is 2. The molecule has 1 aromatic carbocycles. The Morgan fingerprint density at radius 1 is 1.33 bits per heavy atom. The van der Waals surface area contributed by atoms with E-state index < -0.39 is 5.54 Å². The van der Waals surface area contributed by atoms with E-state index in [1.807, 2.05) is 0 Å². The van der Waals surface area contributed by atoms with Crippen molar-refractivity contribution in [1.82, 2.24) is 0 Å². The predicted octanol–water partition coefficient (Wildman–Crippen LogP) is 1.42. The van der Waals surface area contributed by atoms with Gasteiger partial charge in [-0.05, 0) is 35.0 Å². The number of aliphatic hydroxyl groups excluding tert-OH is 2. The molecule has 0 saturated heterocycles. The highest BCUT2D eigenvalue weighted by Crippen LogP contribution is 2.30. The summed E-state index contributed by atoms with van der Waals surface area (Å²) < 4.78 is 1.26. The lowest BCUT2D eigenvalue weighted by atomic mass is 10.1. The lowest BCUT2D eigenvalue weighted by Crippen LogP contribution is -2.43. The molecular formula is C11H15Br2NO4. The van der Waals surface area contributed by atoms with Crippen LogP contribution in [0.25, 0.3) is 0 Å². The smallest absolute Gasteiger partial charge is 0.153 e. The summed E-state index contributed by atoms with van der Waals surface area (Å²) in [6.45, 7) is 1.22. The number of benzene rings is 1. The molecule has 5 nitrogen and oxygen atoms in total. The first-order chi connectivity index (χ1) is 8.27. The first-order valence-corrected chi connectivity index (χ1v) is 6.49. The molecule has 0 heterocycles. The maximum Gasteiger partial charge on any atom is 0.153 e. The summed E-state index contributed by atoms with van der Waals surface area (Å²) in [5.74, 6) is -0.0248. The molecular weight excluding hydrogens is 370 g/mol. The van der Waals surface area contributed by atoms with Crippen LogP contribution in [0.4, 0.5) is 0 Å². The first-order valence-electron chi connectivity index (χ1n) is 4.91. The van der Waals surface area contributed by atoms with E-state index in [0.717, 1.165) is 4.47 Å². The molecule has 0 saturated carbocycles. The van der Waals surface area contributed by atoms with E-state index in [0.29, 0.717) is 10.8 Å². The molecule has 0 amide bonds. The number of nitrogens with two attached hydrogens (primary N) is 1. The fraction of sp³-hybridized carbons (Fsp3) is 0.364. The lowest BCUT2D eigenvalue weighted by Gasteiger charge is -2.16. The number of aldehydes is 1. The van der Waals surface area contributed by atoms with Gasteiger partial charge in [0.25, 0.3) is 0 Å². The van der Waals surface area contributed by atoms with Crippen molar-refractivity contribution >= 4 is 38.1 Å². The highest BCUT2D eigenvalue weighted by atomic mass is 79.9. The van der Waals surface area contributed by atoms with Crippen molar-refractivity contribution in [3.8, 4) is 5.75 Å². The van der Waals surface area contributed by atoms with E-state index in [-0.39, 0.29) is 24.5 Å². The fourth-order valence-electron chi connectivity index (χ4n) is 0.726. The summed E-state index contributed by atoms with van der Waals surface area (Å²) >= 11 is 6.29. The van der Waals surface area contributed by atoms with Gasteiger partial charge >= 0.3 is 0 Å². The standard InChI is InChI=1S/C7H4Br2O2.C4H11NO2/c8-5-1-4(3-10)7(11)6(9)2-5;1-4(5,2-6)3-7/h1-3,11H;6-7H,2-3,5H2,1H3. The second-order valence-electron chi connectivity index (χ2n) is 3.91. The summed E-state index contributed by atoms with van der Waals surface area (Å²) in [4.78, 5) is 10.3. The van der Waals surface area contributed by atoms with E-state index in [4.69, 9.17) is 15.9 Å². The van der Waals surface area contributed by atoms with Crippen LogP contribution in [0.3, 0.4) is 0 Å². The molecule has 0 aliphatic rings. The Labute approximate surface area is 122 Å². The maximum absolute atomic E-state index is 10.3. The van der Waals surface area contributed by atoms with Gasteiger partial charge in [0.15, 0.2) is 6.29 Å². The van der Waals surface area contributed by atoms with Crippen LogP contribution in [-0.4, -0.2) is 40.4 Å². The van der Waals surface area contributed by atoms with Crippen LogP contribution in [0.15, 0.2) is 21.1 Å². The van der Waals surface area contributed by atoms with Gasteiger partial charge in [-0.3, -0.25) is 4.79 Å². The Balaban J connectivity index is 0.000000360. The number of hydrogen-bond donors (Lipinski definition) is 4. The molecule has 0 unspecified atom stereocenters. The van der Waals surface area contributed by atoms with Crippen LogP contribution >= 0.6 is 31.9 Å². The molecule has 0 fully saturated rings. The molecule has 1 aromatic rings. The Bertz CT molecular complexity index is 404. The Hall–Kier alpha value is -0.470. The Morgan fingerprint density at radius 3 is 2.17 bits per heavy atom. The van der Waals surface area contributed by atoms with Crippen LogP contribution in [0.5, 0.6) is 5.75 Å². The van der Waals surface area contributed by atoms with Gasteiger partial charge in [-0.15, -0.1) is 0 Å². The van der Waals surface area contributed by atoms with E-state index in [2.05, 4.69) is 31.9 Å². The number of rotatable bonds is 3. The molecule has 0 radical (unpaired) electrons. The third kappa shape index (κ3) is 5.92. The van der Waals surface area contributed by atoms with Crippen LogP contribution in [-0.2, 0) is 0 Å². The second-order valence-corrected chi connectivity index (χ2v) is 5.68. The minimum Gasteiger partial charge on any atom is -0.506 e. The number of halogens is 2. The molecule has 5 N–H and O–H groups in total. The first kappa shape index (κ1) is 17.5. The summed E-state index contributed by atoms with van der Waals surface area (Å²) in [5.41, 5.74) is 4.68. The van der Waals surface area contributed by atoms with Crippen LogP contribution < -0.4 is 5.73 Å². The average Bonchev–Trinajstić information content (AvgIpc) is 2.34. The van der Waals surface area contributed by atoms with Crippen LogP contribution in [0.1, 0.15) is 17.3 Å². The molecule has 0 spiro atoms. The zero-order chi connectivity index (χ0) is 14.3. The van der Waals surface area contributed by atoms with Gasteiger partial charge in [-0.25, -0.2) is 0 Å². The summed E-state index contributed by atoms with van der Waals surface area (Å²) in [6.07, 6.45) is 0.602. The Kier molecular flexibility index (Phi) is 7.65. The minimum absolute atomic E-state index is 0.0248. The molecule has 102 valence electrons. The SMILES string of the molecule is CC(N)(CO)CO.O=Cc1cc(Br)cc(Br)c1O. The Morgan fingerprint density at radius 2 is 1.83 bits per heavy atom. The average molecular weight is 385 g/mol. The van der Waals surface area contributed by atoms with Crippen molar-refractivity contribution in [1.29, 1.82) is 0 Å². The van der Waals surface area contributed by atoms with Gasteiger partial charge in [0.05, 0.1) is 28.8 Å². The molecule has 1 rings (SSSR count). The quantitative estimate of drug-likeness (QED) is 0.590. The van der Waals surface area contributed by atoms with E-state index in [9.17, 15) is 9.90 Å². The third-order valence-electron chi connectivity index (χ3n) is 1.91. The lowest BCUT2D eigenvalue weighted by molar-refractivity contribution is 0.112. The van der Waals surface area contributed by atoms with E-state index >= 15 is 0 Å². The molecule has 0 aliphatic carbocycles. The number of aromatic hydroxyl groups is 1. The number of carbonyl (C=O) groups is 1. The van der Waals surface area contributed by atoms with Crippen molar-refractivity contribution in [2.45, 2.75) is 12.5 Å². The van der Waals surface area contributed by atoms with Gasteiger partial charge in [-0.1, -0.05) is 15.9 Å². The van der Waals surface area contributed by atoms with Gasteiger partial charge < -0.3 is 21.1 Å². The molecule has 18 heavy (non-hydrogen) atoms. The predicted molar refractivity (Wildman–Crippen MR) is 75.7 cm³/mol. The summed E-state index contributed by atoms with van der Waals surface area (Å²) in [6, 6.07) is 3.22. The monoisotopic (exact) mass is 383 g/mol. The molecule has 0 aromatic heterocycles. The molecule has 0 bridgehead atoms. The highest BCUT2D eigenvalue weighted by molar-refractivity contribution is 9.11. The van der Waals surface area contributed by atoms with Crippen LogP contribution in [0.2, 0.25) is 0 Å². The van der Waals surface area contributed by atoms with Crippen molar-refractivity contribution in [3.05, 3.63) is 26.6 Å².